The number of aliphatic hydroxyl groups is 1. The number of aliphatic hydroxyl groups excluding tert-OH is 1. The van der Waals surface area contributed by atoms with Gasteiger partial charge < -0.3 is 15.2 Å². The monoisotopic (exact) mass is 185 g/mol. The summed E-state index contributed by atoms with van der Waals surface area (Å²) < 4.78 is 5.52. The van der Waals surface area contributed by atoms with Gasteiger partial charge in [0.05, 0.1) is 19.3 Å². The Labute approximate surface area is 79.5 Å². The maximum Gasteiger partial charge on any atom is 0.0642 e. The van der Waals surface area contributed by atoms with E-state index in [0.29, 0.717) is 12.6 Å². The Bertz CT molecular complexity index is 155. The third-order valence-electron chi connectivity index (χ3n) is 2.64. The summed E-state index contributed by atoms with van der Waals surface area (Å²) in [6, 6.07) is 0.813. The summed E-state index contributed by atoms with van der Waals surface area (Å²) in [5.41, 5.74) is 0. The van der Waals surface area contributed by atoms with Crippen molar-refractivity contribution in [1.29, 1.82) is 0 Å². The second-order valence-corrected chi connectivity index (χ2v) is 4.30. The van der Waals surface area contributed by atoms with Crippen molar-refractivity contribution < 1.29 is 9.84 Å². The maximum atomic E-state index is 9.04. The molecule has 0 aromatic heterocycles. The fourth-order valence-electron chi connectivity index (χ4n) is 1.40. The molecule has 2 saturated carbocycles. The average Bonchev–Trinajstić information content (AvgIpc) is 2.97. The van der Waals surface area contributed by atoms with Crippen LogP contribution >= 0.6 is 0 Å². The smallest absolute Gasteiger partial charge is 0.0642 e. The van der Waals surface area contributed by atoms with E-state index in [4.69, 9.17) is 9.84 Å². The molecule has 0 aromatic rings. The second-order valence-electron chi connectivity index (χ2n) is 4.30. The standard InChI is InChI=1S/C10H19NO2/c12-5-10(11-9-3-4-9)7-13-6-8-1-2-8/h8-12H,1-7H2. The summed E-state index contributed by atoms with van der Waals surface area (Å²) in [4.78, 5) is 0. The van der Waals surface area contributed by atoms with E-state index in [1.54, 1.807) is 0 Å². The molecule has 1 unspecified atom stereocenters. The minimum atomic E-state index is 0.159. The molecule has 0 aromatic carbocycles. The van der Waals surface area contributed by atoms with Crippen LogP contribution in [0, 0.1) is 5.92 Å². The molecule has 1 atom stereocenters. The van der Waals surface area contributed by atoms with Gasteiger partial charge in [0.2, 0.25) is 0 Å². The Morgan fingerprint density at radius 2 is 2.08 bits per heavy atom. The van der Waals surface area contributed by atoms with Crippen LogP contribution < -0.4 is 5.32 Å². The lowest BCUT2D eigenvalue weighted by Gasteiger charge is -2.15. The summed E-state index contributed by atoms with van der Waals surface area (Å²) in [5.74, 6) is 0.820. The number of ether oxygens (including phenoxy) is 1. The van der Waals surface area contributed by atoms with Crippen LogP contribution in [-0.2, 0) is 4.74 Å². The van der Waals surface area contributed by atoms with Gasteiger partial charge >= 0.3 is 0 Å². The zero-order valence-corrected chi connectivity index (χ0v) is 8.04. The first-order chi connectivity index (χ1) is 6.38. The van der Waals surface area contributed by atoms with Crippen LogP contribution in [0.25, 0.3) is 0 Å². The fourth-order valence-corrected chi connectivity index (χ4v) is 1.40. The molecule has 2 aliphatic rings. The first-order valence-corrected chi connectivity index (χ1v) is 5.33. The third-order valence-corrected chi connectivity index (χ3v) is 2.64. The van der Waals surface area contributed by atoms with Crippen LogP contribution in [0.1, 0.15) is 25.7 Å². The van der Waals surface area contributed by atoms with Crippen LogP contribution in [0.5, 0.6) is 0 Å². The summed E-state index contributed by atoms with van der Waals surface area (Å²) in [7, 11) is 0. The molecule has 0 radical (unpaired) electrons. The predicted octanol–water partition coefficient (Wildman–Crippen LogP) is 0.526. The fraction of sp³-hybridized carbons (Fsp3) is 1.00. The quantitative estimate of drug-likeness (QED) is 0.608. The largest absolute Gasteiger partial charge is 0.395 e. The van der Waals surface area contributed by atoms with Gasteiger partial charge in [-0.15, -0.1) is 0 Å². The van der Waals surface area contributed by atoms with Crippen molar-refractivity contribution in [3.8, 4) is 0 Å². The topological polar surface area (TPSA) is 41.5 Å². The Kier molecular flexibility index (Phi) is 3.19. The normalized spacial score (nSPS) is 24.7. The van der Waals surface area contributed by atoms with Gasteiger partial charge in [-0.1, -0.05) is 0 Å². The lowest BCUT2D eigenvalue weighted by atomic mass is 10.3. The molecular formula is C10H19NO2. The molecule has 3 nitrogen and oxygen atoms in total. The summed E-state index contributed by atoms with van der Waals surface area (Å²) in [5, 5.41) is 12.4. The van der Waals surface area contributed by atoms with Gasteiger partial charge in [-0.05, 0) is 31.6 Å². The van der Waals surface area contributed by atoms with Gasteiger partial charge in [-0.2, -0.15) is 0 Å². The van der Waals surface area contributed by atoms with Crippen LogP contribution in [0.4, 0.5) is 0 Å². The van der Waals surface area contributed by atoms with Crippen molar-refractivity contribution >= 4 is 0 Å². The summed E-state index contributed by atoms with van der Waals surface area (Å²) in [6.45, 7) is 1.76. The van der Waals surface area contributed by atoms with E-state index < -0.39 is 0 Å². The van der Waals surface area contributed by atoms with Crippen molar-refractivity contribution in [2.24, 2.45) is 5.92 Å². The van der Waals surface area contributed by atoms with Crippen LogP contribution in [0.3, 0.4) is 0 Å². The predicted molar refractivity (Wildman–Crippen MR) is 50.6 cm³/mol. The molecule has 0 heterocycles. The minimum absolute atomic E-state index is 0.159. The first-order valence-electron chi connectivity index (χ1n) is 5.33. The average molecular weight is 185 g/mol. The lowest BCUT2D eigenvalue weighted by molar-refractivity contribution is 0.0814. The van der Waals surface area contributed by atoms with Gasteiger partial charge in [-0.25, -0.2) is 0 Å². The van der Waals surface area contributed by atoms with Gasteiger partial charge in [0.1, 0.15) is 0 Å². The Hall–Kier alpha value is -0.120. The number of hydrogen-bond acceptors (Lipinski definition) is 3. The van der Waals surface area contributed by atoms with Gasteiger partial charge in [-0.3, -0.25) is 0 Å². The van der Waals surface area contributed by atoms with E-state index in [1.165, 1.54) is 25.7 Å². The first kappa shape index (κ1) is 9.44. The number of hydrogen-bond donors (Lipinski definition) is 2. The molecule has 2 aliphatic carbocycles. The zero-order chi connectivity index (χ0) is 9.10. The van der Waals surface area contributed by atoms with Crippen LogP contribution in [0.15, 0.2) is 0 Å². The molecule has 0 spiro atoms. The number of rotatable bonds is 7. The van der Waals surface area contributed by atoms with Gasteiger partial charge in [0.25, 0.3) is 0 Å². The van der Waals surface area contributed by atoms with Crippen molar-refractivity contribution in [3.05, 3.63) is 0 Å². The van der Waals surface area contributed by atoms with Crippen LogP contribution in [-0.4, -0.2) is 37.0 Å². The van der Waals surface area contributed by atoms with E-state index in [1.807, 2.05) is 0 Å². The molecule has 2 rings (SSSR count). The molecule has 3 heteroatoms. The van der Waals surface area contributed by atoms with Gasteiger partial charge in [0, 0.05) is 12.6 Å². The third kappa shape index (κ3) is 3.63. The highest BCUT2D eigenvalue weighted by atomic mass is 16.5. The molecule has 0 saturated heterocycles. The Balaban J connectivity index is 1.52. The van der Waals surface area contributed by atoms with E-state index in [2.05, 4.69) is 5.32 Å². The van der Waals surface area contributed by atoms with Crippen molar-refractivity contribution in [2.45, 2.75) is 37.8 Å². The molecule has 2 N–H and O–H groups in total. The van der Waals surface area contributed by atoms with E-state index in [0.717, 1.165) is 12.5 Å². The molecular weight excluding hydrogens is 166 g/mol. The highest BCUT2D eigenvalue weighted by Gasteiger charge is 2.25. The summed E-state index contributed by atoms with van der Waals surface area (Å²) >= 11 is 0. The minimum Gasteiger partial charge on any atom is -0.395 e. The maximum absolute atomic E-state index is 9.04. The van der Waals surface area contributed by atoms with Crippen molar-refractivity contribution in [3.63, 3.8) is 0 Å². The summed E-state index contributed by atoms with van der Waals surface area (Å²) in [6.07, 6.45) is 5.19. The highest BCUT2D eigenvalue weighted by molar-refractivity contribution is 4.84. The molecule has 0 aliphatic heterocycles. The van der Waals surface area contributed by atoms with E-state index in [-0.39, 0.29) is 12.6 Å². The highest BCUT2D eigenvalue weighted by Crippen LogP contribution is 2.28. The zero-order valence-electron chi connectivity index (χ0n) is 8.04. The Morgan fingerprint density at radius 1 is 1.31 bits per heavy atom. The number of nitrogens with one attached hydrogen (secondary N) is 1. The van der Waals surface area contributed by atoms with Crippen molar-refractivity contribution in [2.75, 3.05) is 19.8 Å². The van der Waals surface area contributed by atoms with Crippen molar-refractivity contribution in [1.82, 2.24) is 5.32 Å². The molecule has 0 bridgehead atoms. The molecule has 76 valence electrons. The van der Waals surface area contributed by atoms with Gasteiger partial charge in [0.15, 0.2) is 0 Å². The lowest BCUT2D eigenvalue weighted by Crippen LogP contribution is -2.38. The SMILES string of the molecule is OCC(COCC1CC1)NC1CC1. The molecule has 2 fully saturated rings. The van der Waals surface area contributed by atoms with E-state index >= 15 is 0 Å². The van der Waals surface area contributed by atoms with Crippen LogP contribution in [0.2, 0.25) is 0 Å². The van der Waals surface area contributed by atoms with E-state index in [9.17, 15) is 0 Å². The molecule has 13 heavy (non-hydrogen) atoms. The Morgan fingerprint density at radius 3 is 2.62 bits per heavy atom. The second kappa shape index (κ2) is 4.40. The molecule has 0 amide bonds.